The fourth-order valence-corrected chi connectivity index (χ4v) is 2.72. The Morgan fingerprint density at radius 2 is 2.04 bits per heavy atom. The molecule has 1 aliphatic heterocycles. The molecular formula is C18H29N3O2. The zero-order valence-corrected chi connectivity index (χ0v) is 14.5. The molecule has 1 aliphatic rings. The molecule has 1 amide bonds. The van der Waals surface area contributed by atoms with E-state index in [1.54, 1.807) is 0 Å². The number of likely N-dealkylation sites (N-methyl/N-ethyl adjacent to an activating group) is 2. The van der Waals surface area contributed by atoms with Crippen LogP contribution in [0.25, 0.3) is 0 Å². The minimum Gasteiger partial charge on any atom is -0.494 e. The van der Waals surface area contributed by atoms with Crippen molar-refractivity contribution in [1.29, 1.82) is 0 Å². The van der Waals surface area contributed by atoms with Crippen LogP contribution in [0.3, 0.4) is 0 Å². The summed E-state index contributed by atoms with van der Waals surface area (Å²) in [5.74, 6) is 0.931. The number of para-hydroxylation sites is 1. The van der Waals surface area contributed by atoms with Gasteiger partial charge in [-0.2, -0.15) is 0 Å². The smallest absolute Gasteiger partial charge is 0.223 e. The van der Waals surface area contributed by atoms with E-state index in [4.69, 9.17) is 4.74 Å². The average Bonchev–Trinajstić information content (AvgIpc) is 2.56. The van der Waals surface area contributed by atoms with Crippen LogP contribution in [0.1, 0.15) is 13.3 Å². The van der Waals surface area contributed by atoms with Crippen LogP contribution in [-0.2, 0) is 4.79 Å². The third-order valence-corrected chi connectivity index (χ3v) is 4.50. The number of amides is 1. The Labute approximate surface area is 139 Å². The molecule has 23 heavy (non-hydrogen) atoms. The molecule has 2 atom stereocenters. The van der Waals surface area contributed by atoms with E-state index in [1.807, 2.05) is 37.3 Å². The van der Waals surface area contributed by atoms with E-state index in [-0.39, 0.29) is 11.8 Å². The fourth-order valence-electron chi connectivity index (χ4n) is 2.72. The van der Waals surface area contributed by atoms with Crippen LogP contribution < -0.4 is 10.1 Å². The molecular weight excluding hydrogens is 290 g/mol. The van der Waals surface area contributed by atoms with E-state index in [1.165, 1.54) is 0 Å². The van der Waals surface area contributed by atoms with Crippen molar-refractivity contribution in [3.63, 3.8) is 0 Å². The van der Waals surface area contributed by atoms with Crippen molar-refractivity contribution in [3.8, 4) is 5.75 Å². The Hall–Kier alpha value is -1.59. The van der Waals surface area contributed by atoms with Gasteiger partial charge in [0.2, 0.25) is 5.91 Å². The lowest BCUT2D eigenvalue weighted by Crippen LogP contribution is -2.54. The molecule has 5 nitrogen and oxygen atoms in total. The van der Waals surface area contributed by atoms with Gasteiger partial charge >= 0.3 is 0 Å². The average molecular weight is 319 g/mol. The van der Waals surface area contributed by atoms with E-state index in [0.29, 0.717) is 19.2 Å². The molecule has 1 N–H and O–H groups in total. The van der Waals surface area contributed by atoms with Crippen LogP contribution in [0.5, 0.6) is 5.75 Å². The number of nitrogens with one attached hydrogen (secondary N) is 1. The molecule has 1 heterocycles. The van der Waals surface area contributed by atoms with E-state index < -0.39 is 0 Å². The largest absolute Gasteiger partial charge is 0.494 e. The standard InChI is InChI=1S/C18H29N3O2/c1-15(9-12-23-17-7-5-4-6-8-17)18(22)19-13-16-14-20(2)10-11-21(16)3/h4-8,15-16H,9-14H2,1-3H3,(H,19,22)/t15-,16+/m1/s1. The molecule has 128 valence electrons. The number of benzene rings is 1. The van der Waals surface area contributed by atoms with Crippen molar-refractivity contribution < 1.29 is 9.53 Å². The monoisotopic (exact) mass is 319 g/mol. The van der Waals surface area contributed by atoms with Gasteiger partial charge < -0.3 is 15.0 Å². The van der Waals surface area contributed by atoms with Gasteiger partial charge in [-0.15, -0.1) is 0 Å². The summed E-state index contributed by atoms with van der Waals surface area (Å²) >= 11 is 0. The van der Waals surface area contributed by atoms with Crippen molar-refractivity contribution in [3.05, 3.63) is 30.3 Å². The van der Waals surface area contributed by atoms with Crippen LogP contribution in [0, 0.1) is 5.92 Å². The lowest BCUT2D eigenvalue weighted by molar-refractivity contribution is -0.125. The van der Waals surface area contributed by atoms with Gasteiger partial charge in [0.15, 0.2) is 0 Å². The zero-order chi connectivity index (χ0) is 16.7. The predicted molar refractivity (Wildman–Crippen MR) is 92.6 cm³/mol. The summed E-state index contributed by atoms with van der Waals surface area (Å²) < 4.78 is 5.66. The lowest BCUT2D eigenvalue weighted by Gasteiger charge is -2.37. The van der Waals surface area contributed by atoms with Crippen LogP contribution in [0.15, 0.2) is 30.3 Å². The molecule has 0 radical (unpaired) electrons. The SMILES string of the molecule is C[C@H](CCOc1ccccc1)C(=O)NC[C@H]1CN(C)CCN1C. The van der Waals surface area contributed by atoms with Gasteiger partial charge in [0.05, 0.1) is 6.61 Å². The first-order valence-corrected chi connectivity index (χ1v) is 8.40. The number of hydrogen-bond donors (Lipinski definition) is 1. The van der Waals surface area contributed by atoms with E-state index in [2.05, 4.69) is 29.2 Å². The Morgan fingerprint density at radius 1 is 1.30 bits per heavy atom. The number of ether oxygens (including phenoxy) is 1. The van der Waals surface area contributed by atoms with Crippen LogP contribution in [0.2, 0.25) is 0 Å². The van der Waals surface area contributed by atoms with E-state index in [9.17, 15) is 4.79 Å². The van der Waals surface area contributed by atoms with E-state index >= 15 is 0 Å². The number of carbonyl (C=O) groups is 1. The topological polar surface area (TPSA) is 44.8 Å². The van der Waals surface area contributed by atoms with Gasteiger partial charge in [0.1, 0.15) is 5.75 Å². The maximum Gasteiger partial charge on any atom is 0.223 e. The summed E-state index contributed by atoms with van der Waals surface area (Å²) in [6.07, 6.45) is 0.723. The molecule has 0 aromatic heterocycles. The maximum absolute atomic E-state index is 12.2. The highest BCUT2D eigenvalue weighted by atomic mass is 16.5. The van der Waals surface area contributed by atoms with Crippen molar-refractivity contribution >= 4 is 5.91 Å². The summed E-state index contributed by atoms with van der Waals surface area (Å²) in [7, 11) is 4.26. The summed E-state index contributed by atoms with van der Waals surface area (Å²) in [5, 5.41) is 3.09. The molecule has 1 aromatic carbocycles. The molecule has 5 heteroatoms. The van der Waals surface area contributed by atoms with Crippen molar-refractivity contribution in [1.82, 2.24) is 15.1 Å². The van der Waals surface area contributed by atoms with Gasteiger partial charge in [-0.3, -0.25) is 9.69 Å². The van der Waals surface area contributed by atoms with Crippen LogP contribution in [0.4, 0.5) is 0 Å². The molecule has 0 aliphatic carbocycles. The number of nitrogens with zero attached hydrogens (tertiary/aromatic N) is 2. The highest BCUT2D eigenvalue weighted by molar-refractivity contribution is 5.78. The quantitative estimate of drug-likeness (QED) is 0.826. The normalized spacial score (nSPS) is 20.9. The second kappa shape index (κ2) is 8.89. The second-order valence-electron chi connectivity index (χ2n) is 6.49. The fraction of sp³-hybridized carbons (Fsp3) is 0.611. The molecule has 1 fully saturated rings. The van der Waals surface area contributed by atoms with Gasteiger partial charge in [-0.25, -0.2) is 0 Å². The van der Waals surface area contributed by atoms with Crippen LogP contribution >= 0.6 is 0 Å². The van der Waals surface area contributed by atoms with Crippen molar-refractivity contribution in [2.75, 3.05) is 46.9 Å². The van der Waals surface area contributed by atoms with Crippen LogP contribution in [-0.4, -0.2) is 68.6 Å². The number of hydrogen-bond acceptors (Lipinski definition) is 4. The molecule has 2 rings (SSSR count). The summed E-state index contributed by atoms with van der Waals surface area (Å²) in [5.41, 5.74) is 0. The molecule has 1 saturated heterocycles. The highest BCUT2D eigenvalue weighted by Crippen LogP contribution is 2.11. The third-order valence-electron chi connectivity index (χ3n) is 4.50. The molecule has 1 aromatic rings. The number of rotatable bonds is 7. The van der Waals surface area contributed by atoms with Gasteiger partial charge in [0, 0.05) is 38.1 Å². The molecule has 0 bridgehead atoms. The third kappa shape index (κ3) is 5.84. The number of piperazine rings is 1. The molecule has 0 saturated carbocycles. The minimum atomic E-state index is -0.0367. The Morgan fingerprint density at radius 3 is 2.78 bits per heavy atom. The summed E-state index contributed by atoms with van der Waals surface area (Å²) in [6.45, 7) is 6.38. The number of carbonyl (C=O) groups excluding carboxylic acids is 1. The lowest BCUT2D eigenvalue weighted by atomic mass is 10.1. The zero-order valence-electron chi connectivity index (χ0n) is 14.5. The maximum atomic E-state index is 12.2. The highest BCUT2D eigenvalue weighted by Gasteiger charge is 2.23. The Kier molecular flexibility index (Phi) is 6.86. The first-order chi connectivity index (χ1) is 11.1. The first-order valence-electron chi connectivity index (χ1n) is 8.40. The molecule has 0 spiro atoms. The van der Waals surface area contributed by atoms with Gasteiger partial charge in [-0.05, 0) is 32.6 Å². The second-order valence-corrected chi connectivity index (χ2v) is 6.49. The summed E-state index contributed by atoms with van der Waals surface area (Å²) in [6, 6.07) is 10.1. The predicted octanol–water partition coefficient (Wildman–Crippen LogP) is 1.45. The molecule has 0 unspecified atom stereocenters. The van der Waals surface area contributed by atoms with Crippen molar-refractivity contribution in [2.45, 2.75) is 19.4 Å². The van der Waals surface area contributed by atoms with Gasteiger partial charge in [-0.1, -0.05) is 25.1 Å². The Balaban J connectivity index is 1.66. The van der Waals surface area contributed by atoms with Crippen molar-refractivity contribution in [2.24, 2.45) is 5.92 Å². The summed E-state index contributed by atoms with van der Waals surface area (Å²) in [4.78, 5) is 16.9. The first kappa shape index (κ1) is 17.8. The minimum absolute atomic E-state index is 0.0367. The van der Waals surface area contributed by atoms with Gasteiger partial charge in [0.25, 0.3) is 0 Å². The van der Waals surface area contributed by atoms with E-state index in [0.717, 1.165) is 31.8 Å². The Bertz CT molecular complexity index is 480.